The molecule has 0 saturated heterocycles. The van der Waals surface area contributed by atoms with Crippen LogP contribution in [0.25, 0.3) is 0 Å². The van der Waals surface area contributed by atoms with E-state index in [0.29, 0.717) is 17.9 Å². The first-order chi connectivity index (χ1) is 8.67. The molecule has 1 unspecified atom stereocenters. The van der Waals surface area contributed by atoms with Crippen LogP contribution in [0, 0.1) is 5.92 Å². The summed E-state index contributed by atoms with van der Waals surface area (Å²) in [4.78, 5) is 6.53. The number of guanidine groups is 1. The minimum absolute atomic E-state index is 0.360. The van der Waals surface area contributed by atoms with Gasteiger partial charge in [0.25, 0.3) is 0 Å². The van der Waals surface area contributed by atoms with Gasteiger partial charge in [-0.15, -0.1) is 0 Å². The molecule has 2 rings (SSSR count). The van der Waals surface area contributed by atoms with Crippen molar-refractivity contribution in [3.05, 3.63) is 29.3 Å². The van der Waals surface area contributed by atoms with Gasteiger partial charge >= 0.3 is 0 Å². The molecule has 1 heterocycles. The second-order valence-electron chi connectivity index (χ2n) is 4.69. The Bertz CT molecular complexity index is 440. The average molecular weight is 266 g/mol. The number of nitrogens with zero attached hydrogens (tertiary/aromatic N) is 2. The first-order valence-corrected chi connectivity index (χ1v) is 6.89. The van der Waals surface area contributed by atoms with Crippen molar-refractivity contribution in [1.29, 1.82) is 0 Å². The van der Waals surface area contributed by atoms with Crippen molar-refractivity contribution in [1.82, 2.24) is 0 Å². The Morgan fingerprint density at radius 3 is 2.78 bits per heavy atom. The normalized spacial score (nSPS) is 19.4. The number of benzene rings is 1. The van der Waals surface area contributed by atoms with Crippen LogP contribution in [0.4, 0.5) is 5.69 Å². The number of rotatable bonds is 4. The monoisotopic (exact) mass is 265 g/mol. The lowest BCUT2D eigenvalue weighted by Crippen LogP contribution is -2.44. The third-order valence-electron chi connectivity index (χ3n) is 3.70. The summed E-state index contributed by atoms with van der Waals surface area (Å²) in [7, 11) is 0. The molecule has 0 saturated carbocycles. The van der Waals surface area contributed by atoms with Gasteiger partial charge in [0.05, 0.1) is 12.6 Å². The Morgan fingerprint density at radius 1 is 1.44 bits per heavy atom. The van der Waals surface area contributed by atoms with E-state index in [-0.39, 0.29) is 0 Å². The van der Waals surface area contributed by atoms with Gasteiger partial charge in [0.2, 0.25) is 0 Å². The molecule has 98 valence electrons. The number of aliphatic imine (C=N–C) groups is 1. The highest BCUT2D eigenvalue weighted by molar-refractivity contribution is 6.30. The molecule has 2 N–H and O–H groups in total. The van der Waals surface area contributed by atoms with Crippen LogP contribution < -0.4 is 10.6 Å². The number of anilines is 1. The standard InChI is InChI=1S/C14H20ClN3/c1-3-10(4-2)13-9-17-14(16)18(13)12-7-5-6-11(15)8-12/h5-8,10,13H,3-4,9H2,1-2H3,(H2,16,17). The molecule has 4 heteroatoms. The van der Waals surface area contributed by atoms with Crippen molar-refractivity contribution in [2.75, 3.05) is 11.4 Å². The Hall–Kier alpha value is -1.22. The summed E-state index contributed by atoms with van der Waals surface area (Å²) >= 11 is 6.06. The predicted molar refractivity (Wildman–Crippen MR) is 78.3 cm³/mol. The molecule has 1 aliphatic rings. The third-order valence-corrected chi connectivity index (χ3v) is 3.93. The fraction of sp³-hybridized carbons (Fsp3) is 0.500. The van der Waals surface area contributed by atoms with E-state index >= 15 is 0 Å². The maximum absolute atomic E-state index is 6.06. The highest BCUT2D eigenvalue weighted by Crippen LogP contribution is 2.29. The van der Waals surface area contributed by atoms with Crippen LogP contribution in [0.15, 0.2) is 29.3 Å². The maximum atomic E-state index is 6.06. The minimum atomic E-state index is 0.360. The summed E-state index contributed by atoms with van der Waals surface area (Å²) in [5.41, 5.74) is 7.07. The van der Waals surface area contributed by atoms with Gasteiger partial charge in [-0.2, -0.15) is 0 Å². The molecule has 1 aliphatic heterocycles. The topological polar surface area (TPSA) is 41.6 Å². The molecular weight excluding hydrogens is 246 g/mol. The van der Waals surface area contributed by atoms with Gasteiger partial charge in [0.15, 0.2) is 5.96 Å². The third kappa shape index (κ3) is 2.46. The number of hydrogen-bond donors (Lipinski definition) is 1. The predicted octanol–water partition coefficient (Wildman–Crippen LogP) is 3.28. The van der Waals surface area contributed by atoms with E-state index in [0.717, 1.165) is 30.1 Å². The Labute approximate surface area is 114 Å². The van der Waals surface area contributed by atoms with Crippen molar-refractivity contribution in [3.63, 3.8) is 0 Å². The second-order valence-corrected chi connectivity index (χ2v) is 5.13. The Kier molecular flexibility index (Phi) is 4.12. The van der Waals surface area contributed by atoms with Gasteiger partial charge in [-0.25, -0.2) is 0 Å². The summed E-state index contributed by atoms with van der Waals surface area (Å²) in [6.07, 6.45) is 2.28. The second kappa shape index (κ2) is 5.61. The molecule has 3 nitrogen and oxygen atoms in total. The van der Waals surface area contributed by atoms with Crippen LogP contribution in [0.1, 0.15) is 26.7 Å². The van der Waals surface area contributed by atoms with E-state index in [2.05, 4.69) is 23.7 Å². The lowest BCUT2D eigenvalue weighted by molar-refractivity contribution is 0.412. The van der Waals surface area contributed by atoms with E-state index in [1.165, 1.54) is 0 Å². The molecular formula is C14H20ClN3. The fourth-order valence-electron chi connectivity index (χ4n) is 2.66. The van der Waals surface area contributed by atoms with Crippen LogP contribution in [0.5, 0.6) is 0 Å². The summed E-state index contributed by atoms with van der Waals surface area (Å²) in [5, 5.41) is 0.732. The van der Waals surface area contributed by atoms with Crippen LogP contribution in [-0.4, -0.2) is 18.5 Å². The van der Waals surface area contributed by atoms with Crippen LogP contribution in [0.2, 0.25) is 5.02 Å². The molecule has 0 aromatic heterocycles. The first-order valence-electron chi connectivity index (χ1n) is 6.52. The molecule has 0 radical (unpaired) electrons. The Morgan fingerprint density at radius 2 is 2.17 bits per heavy atom. The molecule has 1 atom stereocenters. The van der Waals surface area contributed by atoms with Crippen LogP contribution >= 0.6 is 11.6 Å². The van der Waals surface area contributed by atoms with Crippen molar-refractivity contribution < 1.29 is 0 Å². The zero-order valence-electron chi connectivity index (χ0n) is 10.9. The van der Waals surface area contributed by atoms with E-state index in [1.54, 1.807) is 0 Å². The molecule has 0 amide bonds. The summed E-state index contributed by atoms with van der Waals surface area (Å²) in [6, 6.07) is 8.17. The SMILES string of the molecule is CCC(CC)C1CN=C(N)N1c1cccc(Cl)c1. The van der Waals surface area contributed by atoms with Crippen LogP contribution in [-0.2, 0) is 0 Å². The van der Waals surface area contributed by atoms with Crippen molar-refractivity contribution in [2.24, 2.45) is 16.6 Å². The number of halogens is 1. The van der Waals surface area contributed by atoms with Crippen molar-refractivity contribution in [2.45, 2.75) is 32.7 Å². The highest BCUT2D eigenvalue weighted by atomic mass is 35.5. The van der Waals surface area contributed by atoms with Crippen LogP contribution in [0.3, 0.4) is 0 Å². The average Bonchev–Trinajstić information content (AvgIpc) is 2.73. The fourth-order valence-corrected chi connectivity index (χ4v) is 2.84. The first kappa shape index (κ1) is 13.2. The molecule has 18 heavy (non-hydrogen) atoms. The molecule has 0 spiro atoms. The van der Waals surface area contributed by atoms with Crippen molar-refractivity contribution in [3.8, 4) is 0 Å². The number of hydrogen-bond acceptors (Lipinski definition) is 3. The van der Waals surface area contributed by atoms with E-state index in [9.17, 15) is 0 Å². The van der Waals surface area contributed by atoms with E-state index in [4.69, 9.17) is 17.3 Å². The summed E-state index contributed by atoms with van der Waals surface area (Å²) < 4.78 is 0. The quantitative estimate of drug-likeness (QED) is 0.908. The zero-order chi connectivity index (χ0) is 13.1. The van der Waals surface area contributed by atoms with Gasteiger partial charge in [-0.1, -0.05) is 44.4 Å². The van der Waals surface area contributed by atoms with E-state index < -0.39 is 0 Å². The highest BCUT2D eigenvalue weighted by Gasteiger charge is 2.32. The molecule has 1 aromatic carbocycles. The summed E-state index contributed by atoms with van der Waals surface area (Å²) in [5.74, 6) is 1.21. The van der Waals surface area contributed by atoms with Gasteiger partial charge < -0.3 is 10.6 Å². The summed E-state index contributed by atoms with van der Waals surface area (Å²) in [6.45, 7) is 5.22. The van der Waals surface area contributed by atoms with Gasteiger partial charge in [-0.05, 0) is 24.1 Å². The minimum Gasteiger partial charge on any atom is -0.370 e. The molecule has 0 aliphatic carbocycles. The van der Waals surface area contributed by atoms with E-state index in [1.807, 2.05) is 24.3 Å². The lowest BCUT2D eigenvalue weighted by Gasteiger charge is -2.31. The number of nitrogens with two attached hydrogens (primary N) is 1. The Balaban J connectivity index is 2.30. The smallest absolute Gasteiger partial charge is 0.196 e. The van der Waals surface area contributed by atoms with Gasteiger partial charge in [-0.3, -0.25) is 4.99 Å². The lowest BCUT2D eigenvalue weighted by atomic mass is 9.93. The van der Waals surface area contributed by atoms with Gasteiger partial charge in [0.1, 0.15) is 0 Å². The molecule has 0 bridgehead atoms. The molecule has 0 fully saturated rings. The largest absolute Gasteiger partial charge is 0.370 e. The van der Waals surface area contributed by atoms with Gasteiger partial charge in [0, 0.05) is 10.7 Å². The van der Waals surface area contributed by atoms with Crippen molar-refractivity contribution >= 4 is 23.2 Å². The molecule has 1 aromatic rings. The maximum Gasteiger partial charge on any atom is 0.196 e. The zero-order valence-corrected chi connectivity index (χ0v) is 11.7.